The molecule has 0 atom stereocenters. The molecular formula is C17H25NO3. The van der Waals surface area contributed by atoms with E-state index in [0.29, 0.717) is 19.1 Å². The van der Waals surface area contributed by atoms with Crippen LogP contribution in [0.1, 0.15) is 32.1 Å². The molecule has 1 N–H and O–H groups in total. The average molecular weight is 291 g/mol. The molecule has 1 heterocycles. The Morgan fingerprint density at radius 2 is 2.10 bits per heavy atom. The number of hydrogen-bond donors (Lipinski definition) is 1. The van der Waals surface area contributed by atoms with Crippen molar-refractivity contribution in [3.05, 3.63) is 29.5 Å². The van der Waals surface area contributed by atoms with Gasteiger partial charge in [-0.05, 0) is 37.6 Å². The highest BCUT2D eigenvalue weighted by molar-refractivity contribution is 5.83. The Morgan fingerprint density at radius 3 is 2.76 bits per heavy atom. The van der Waals surface area contributed by atoms with Gasteiger partial charge in [-0.2, -0.15) is 0 Å². The zero-order valence-corrected chi connectivity index (χ0v) is 13.4. The number of methoxy groups -OCH3 is 1. The van der Waals surface area contributed by atoms with E-state index < -0.39 is 0 Å². The lowest BCUT2D eigenvalue weighted by Gasteiger charge is -2.07. The highest BCUT2D eigenvalue weighted by atomic mass is 16.5. The van der Waals surface area contributed by atoms with E-state index in [1.165, 1.54) is 0 Å². The van der Waals surface area contributed by atoms with Crippen LogP contribution in [0.2, 0.25) is 0 Å². The summed E-state index contributed by atoms with van der Waals surface area (Å²) < 4.78 is 16.9. The Kier molecular flexibility index (Phi) is 5.65. The molecule has 1 aromatic carbocycles. The van der Waals surface area contributed by atoms with E-state index in [9.17, 15) is 0 Å². The molecule has 4 heteroatoms. The average Bonchev–Trinajstić information content (AvgIpc) is 2.77. The van der Waals surface area contributed by atoms with Crippen molar-refractivity contribution in [2.45, 2.75) is 33.9 Å². The number of nitrogens with one attached hydrogen (secondary N) is 1. The summed E-state index contributed by atoms with van der Waals surface area (Å²) in [5, 5.41) is 4.49. The summed E-state index contributed by atoms with van der Waals surface area (Å²) in [6.45, 7) is 9.25. The first-order chi connectivity index (χ1) is 10.2. The van der Waals surface area contributed by atoms with Crippen LogP contribution in [0.4, 0.5) is 0 Å². The normalized spacial score (nSPS) is 11.5. The smallest absolute Gasteiger partial charge is 0.135 e. The first kappa shape index (κ1) is 15.9. The van der Waals surface area contributed by atoms with E-state index in [4.69, 9.17) is 13.9 Å². The molecule has 0 saturated heterocycles. The molecule has 0 amide bonds. The largest absolute Gasteiger partial charge is 0.494 e. The summed E-state index contributed by atoms with van der Waals surface area (Å²) in [6.07, 6.45) is 0. The molecule has 0 unspecified atom stereocenters. The molecule has 0 spiro atoms. The van der Waals surface area contributed by atoms with Crippen LogP contribution in [0, 0.1) is 5.92 Å². The van der Waals surface area contributed by atoms with Crippen molar-refractivity contribution >= 4 is 11.0 Å². The summed E-state index contributed by atoms with van der Waals surface area (Å²) in [5.41, 5.74) is 1.98. The number of fused-ring (bicyclic) bond motifs is 1. The maximum Gasteiger partial charge on any atom is 0.135 e. The number of hydrogen-bond acceptors (Lipinski definition) is 4. The molecule has 0 aliphatic heterocycles. The summed E-state index contributed by atoms with van der Waals surface area (Å²) in [4.78, 5) is 0. The quantitative estimate of drug-likeness (QED) is 0.805. The van der Waals surface area contributed by atoms with Gasteiger partial charge in [-0.25, -0.2) is 0 Å². The molecule has 0 aliphatic rings. The van der Waals surface area contributed by atoms with Gasteiger partial charge in [0.1, 0.15) is 17.1 Å². The summed E-state index contributed by atoms with van der Waals surface area (Å²) in [5.74, 6) is 2.43. The standard InChI is InChI=1S/C17H25NO3/c1-5-20-13-6-7-16-14(8-13)15(11-19-4)17(21-16)10-18-9-12(2)3/h6-8,12,18H,5,9-11H2,1-4H3. The highest BCUT2D eigenvalue weighted by Crippen LogP contribution is 2.30. The predicted octanol–water partition coefficient (Wildman–Crippen LogP) is 3.72. The Hall–Kier alpha value is -1.52. The third-order valence-corrected chi connectivity index (χ3v) is 3.28. The molecule has 116 valence electrons. The van der Waals surface area contributed by atoms with Gasteiger partial charge in [0.2, 0.25) is 0 Å². The second-order valence-corrected chi connectivity index (χ2v) is 5.55. The summed E-state index contributed by atoms with van der Waals surface area (Å²) in [7, 11) is 1.70. The van der Waals surface area contributed by atoms with E-state index in [1.807, 2.05) is 25.1 Å². The van der Waals surface area contributed by atoms with Crippen LogP contribution in [0.25, 0.3) is 11.0 Å². The molecule has 2 rings (SSSR count). The van der Waals surface area contributed by atoms with Crippen LogP contribution < -0.4 is 10.1 Å². The fourth-order valence-electron chi connectivity index (χ4n) is 2.35. The first-order valence-corrected chi connectivity index (χ1v) is 7.52. The molecule has 0 saturated carbocycles. The van der Waals surface area contributed by atoms with Gasteiger partial charge in [0, 0.05) is 18.1 Å². The fourth-order valence-corrected chi connectivity index (χ4v) is 2.35. The summed E-state index contributed by atoms with van der Waals surface area (Å²) in [6, 6.07) is 5.94. The van der Waals surface area contributed by atoms with Crippen LogP contribution in [0.5, 0.6) is 5.75 Å². The molecule has 0 bridgehead atoms. The monoisotopic (exact) mass is 291 g/mol. The minimum Gasteiger partial charge on any atom is -0.494 e. The minimum atomic E-state index is 0.543. The van der Waals surface area contributed by atoms with Crippen molar-refractivity contribution in [3.63, 3.8) is 0 Å². The van der Waals surface area contributed by atoms with Crippen molar-refractivity contribution in [1.82, 2.24) is 5.32 Å². The Balaban J connectivity index is 2.28. The fraction of sp³-hybridized carbons (Fsp3) is 0.529. The van der Waals surface area contributed by atoms with Crippen LogP contribution >= 0.6 is 0 Å². The topological polar surface area (TPSA) is 43.6 Å². The highest BCUT2D eigenvalue weighted by Gasteiger charge is 2.14. The van der Waals surface area contributed by atoms with E-state index in [2.05, 4.69) is 19.2 Å². The van der Waals surface area contributed by atoms with Crippen LogP contribution in [-0.2, 0) is 17.9 Å². The third-order valence-electron chi connectivity index (χ3n) is 3.28. The molecular weight excluding hydrogens is 266 g/mol. The Morgan fingerprint density at radius 1 is 1.29 bits per heavy atom. The molecule has 4 nitrogen and oxygen atoms in total. The Labute approximate surface area is 126 Å². The van der Waals surface area contributed by atoms with Crippen LogP contribution in [0.15, 0.2) is 22.6 Å². The van der Waals surface area contributed by atoms with Gasteiger partial charge in [-0.1, -0.05) is 13.8 Å². The lowest BCUT2D eigenvalue weighted by Crippen LogP contribution is -2.19. The van der Waals surface area contributed by atoms with Crippen molar-refractivity contribution in [2.75, 3.05) is 20.3 Å². The van der Waals surface area contributed by atoms with Gasteiger partial charge in [0.25, 0.3) is 0 Å². The minimum absolute atomic E-state index is 0.543. The molecule has 21 heavy (non-hydrogen) atoms. The van der Waals surface area contributed by atoms with Crippen molar-refractivity contribution in [2.24, 2.45) is 5.92 Å². The van der Waals surface area contributed by atoms with Gasteiger partial charge < -0.3 is 19.2 Å². The van der Waals surface area contributed by atoms with E-state index in [-0.39, 0.29) is 0 Å². The SMILES string of the molecule is CCOc1ccc2oc(CNCC(C)C)c(COC)c2c1. The number of benzene rings is 1. The van der Waals surface area contributed by atoms with Crippen LogP contribution in [-0.4, -0.2) is 20.3 Å². The molecule has 2 aromatic rings. The second kappa shape index (κ2) is 7.48. The van der Waals surface area contributed by atoms with Gasteiger partial charge in [-0.15, -0.1) is 0 Å². The zero-order valence-electron chi connectivity index (χ0n) is 13.4. The Bertz CT molecular complexity index is 575. The van der Waals surface area contributed by atoms with E-state index >= 15 is 0 Å². The molecule has 1 aromatic heterocycles. The maximum atomic E-state index is 5.97. The molecule has 0 fully saturated rings. The zero-order chi connectivity index (χ0) is 15.2. The van der Waals surface area contributed by atoms with Crippen molar-refractivity contribution in [1.29, 1.82) is 0 Å². The van der Waals surface area contributed by atoms with Gasteiger partial charge in [-0.3, -0.25) is 0 Å². The number of ether oxygens (including phenoxy) is 2. The van der Waals surface area contributed by atoms with Crippen molar-refractivity contribution in [3.8, 4) is 5.75 Å². The van der Waals surface area contributed by atoms with E-state index in [0.717, 1.165) is 41.1 Å². The molecule has 0 aliphatic carbocycles. The summed E-state index contributed by atoms with van der Waals surface area (Å²) >= 11 is 0. The van der Waals surface area contributed by atoms with Gasteiger partial charge in [0.05, 0.1) is 19.8 Å². The third kappa shape index (κ3) is 3.99. The van der Waals surface area contributed by atoms with Crippen LogP contribution in [0.3, 0.4) is 0 Å². The predicted molar refractivity (Wildman–Crippen MR) is 84.6 cm³/mol. The molecule has 0 radical (unpaired) electrons. The number of furan rings is 1. The lowest BCUT2D eigenvalue weighted by atomic mass is 10.1. The maximum absolute atomic E-state index is 5.97. The van der Waals surface area contributed by atoms with Crippen molar-refractivity contribution < 1.29 is 13.9 Å². The van der Waals surface area contributed by atoms with E-state index in [1.54, 1.807) is 7.11 Å². The lowest BCUT2D eigenvalue weighted by molar-refractivity contribution is 0.183. The first-order valence-electron chi connectivity index (χ1n) is 7.52. The number of rotatable bonds is 8. The van der Waals surface area contributed by atoms with Gasteiger partial charge >= 0.3 is 0 Å². The van der Waals surface area contributed by atoms with Gasteiger partial charge in [0.15, 0.2) is 0 Å². The second-order valence-electron chi connectivity index (χ2n) is 5.55.